The molecular weight excluding hydrogens is 254 g/mol. The normalized spacial score (nSPS) is 10.6. The predicted octanol–water partition coefficient (Wildman–Crippen LogP) is 3.83. The van der Waals surface area contributed by atoms with Crippen LogP contribution in [0.4, 0.5) is 0 Å². The van der Waals surface area contributed by atoms with Gasteiger partial charge >= 0.3 is 0 Å². The van der Waals surface area contributed by atoms with Crippen LogP contribution in [0.1, 0.15) is 37.3 Å². The summed E-state index contributed by atoms with van der Waals surface area (Å²) in [5.74, 6) is 1.23. The van der Waals surface area contributed by atoms with E-state index in [9.17, 15) is 0 Å². The van der Waals surface area contributed by atoms with E-state index in [4.69, 9.17) is 34.3 Å². The molecule has 0 aromatic heterocycles. The molecule has 0 aliphatic rings. The molecule has 0 bridgehead atoms. The van der Waals surface area contributed by atoms with Crippen LogP contribution in [0.25, 0.3) is 0 Å². The van der Waals surface area contributed by atoms with Gasteiger partial charge in [0.05, 0.1) is 11.6 Å². The molecule has 94 valence electrons. The Labute approximate surface area is 113 Å². The summed E-state index contributed by atoms with van der Waals surface area (Å²) in [5, 5.41) is 0.791. The molecule has 0 aliphatic carbocycles. The zero-order valence-corrected chi connectivity index (χ0v) is 12.0. The van der Waals surface area contributed by atoms with E-state index in [1.165, 1.54) is 0 Å². The van der Waals surface area contributed by atoms with Gasteiger partial charge in [-0.25, -0.2) is 0 Å². The van der Waals surface area contributed by atoms with Gasteiger partial charge < -0.3 is 10.5 Å². The Morgan fingerprint density at radius 3 is 2.65 bits per heavy atom. The Hall–Kier alpha value is -0.800. The van der Waals surface area contributed by atoms with Gasteiger partial charge in [-0.05, 0) is 36.1 Å². The Kier molecular flexibility index (Phi) is 5.22. The van der Waals surface area contributed by atoms with Crippen LogP contribution in [-0.4, -0.2) is 11.6 Å². The average Bonchev–Trinajstić information content (AvgIpc) is 2.20. The van der Waals surface area contributed by atoms with Crippen molar-refractivity contribution in [3.05, 3.63) is 28.3 Å². The summed E-state index contributed by atoms with van der Waals surface area (Å²) in [5.41, 5.74) is 7.56. The Bertz CT molecular complexity index is 418. The van der Waals surface area contributed by atoms with E-state index in [1.807, 2.05) is 19.1 Å². The van der Waals surface area contributed by atoms with Gasteiger partial charge in [0.1, 0.15) is 5.75 Å². The molecule has 0 unspecified atom stereocenters. The number of nitrogens with two attached hydrogens (primary N) is 1. The summed E-state index contributed by atoms with van der Waals surface area (Å²) in [4.78, 5) is 0.473. The first-order valence-electron chi connectivity index (χ1n) is 5.63. The highest BCUT2D eigenvalue weighted by Crippen LogP contribution is 2.31. The van der Waals surface area contributed by atoms with E-state index in [0.717, 1.165) is 21.9 Å². The summed E-state index contributed by atoms with van der Waals surface area (Å²) >= 11 is 11.0. The first kappa shape index (κ1) is 14.3. The van der Waals surface area contributed by atoms with Gasteiger partial charge in [0.25, 0.3) is 0 Å². The molecule has 0 saturated heterocycles. The zero-order chi connectivity index (χ0) is 13.0. The Morgan fingerprint density at radius 1 is 1.47 bits per heavy atom. The molecular formula is C13H18ClNOS. The van der Waals surface area contributed by atoms with Gasteiger partial charge in [0.15, 0.2) is 0 Å². The maximum Gasteiger partial charge on any atom is 0.122 e. The molecule has 1 aromatic carbocycles. The summed E-state index contributed by atoms with van der Waals surface area (Å²) in [6.45, 7) is 6.70. The summed E-state index contributed by atoms with van der Waals surface area (Å²) in [6, 6.07) is 3.94. The van der Waals surface area contributed by atoms with Crippen molar-refractivity contribution in [3.8, 4) is 5.75 Å². The molecule has 1 rings (SSSR count). The van der Waals surface area contributed by atoms with Crippen molar-refractivity contribution in [2.24, 2.45) is 5.73 Å². The van der Waals surface area contributed by atoms with E-state index in [1.54, 1.807) is 0 Å². The predicted molar refractivity (Wildman–Crippen MR) is 77.2 cm³/mol. The van der Waals surface area contributed by atoms with E-state index in [2.05, 4.69) is 13.8 Å². The third-order valence-electron chi connectivity index (χ3n) is 2.52. The van der Waals surface area contributed by atoms with Crippen LogP contribution in [-0.2, 0) is 0 Å². The van der Waals surface area contributed by atoms with Crippen LogP contribution in [0.15, 0.2) is 12.1 Å². The standard InChI is InChI=1S/C13H18ClNOS/c1-8(2)10-7-12(9(3)6-11(10)14)16-5-4-13(15)17/h6-8H,4-5H2,1-3H3,(H2,15,17). The lowest BCUT2D eigenvalue weighted by Crippen LogP contribution is -2.12. The van der Waals surface area contributed by atoms with Crippen molar-refractivity contribution >= 4 is 28.8 Å². The van der Waals surface area contributed by atoms with Gasteiger partial charge in [0.2, 0.25) is 0 Å². The molecule has 0 saturated carbocycles. The molecule has 2 N–H and O–H groups in total. The fourth-order valence-electron chi connectivity index (χ4n) is 1.53. The number of benzene rings is 1. The maximum atomic E-state index is 6.18. The molecule has 2 nitrogen and oxygen atoms in total. The third-order valence-corrected chi connectivity index (χ3v) is 3.05. The highest BCUT2D eigenvalue weighted by molar-refractivity contribution is 7.80. The minimum absolute atomic E-state index is 0.376. The summed E-state index contributed by atoms with van der Waals surface area (Å²) in [6.07, 6.45) is 0.592. The summed E-state index contributed by atoms with van der Waals surface area (Å²) < 4.78 is 5.67. The Balaban J connectivity index is 2.84. The van der Waals surface area contributed by atoms with Crippen LogP contribution >= 0.6 is 23.8 Å². The molecule has 0 aliphatic heterocycles. The fourth-order valence-corrected chi connectivity index (χ4v) is 2.05. The van der Waals surface area contributed by atoms with Crippen LogP contribution in [0, 0.1) is 6.92 Å². The minimum atomic E-state index is 0.376. The lowest BCUT2D eigenvalue weighted by molar-refractivity contribution is 0.327. The second-order valence-electron chi connectivity index (χ2n) is 4.36. The van der Waals surface area contributed by atoms with E-state index in [-0.39, 0.29) is 0 Å². The van der Waals surface area contributed by atoms with Crippen LogP contribution in [0.3, 0.4) is 0 Å². The lowest BCUT2D eigenvalue weighted by Gasteiger charge is -2.14. The highest BCUT2D eigenvalue weighted by Gasteiger charge is 2.10. The first-order valence-corrected chi connectivity index (χ1v) is 6.41. The van der Waals surface area contributed by atoms with Crippen molar-refractivity contribution < 1.29 is 4.74 Å². The molecule has 0 spiro atoms. The van der Waals surface area contributed by atoms with Crippen molar-refractivity contribution in [3.63, 3.8) is 0 Å². The molecule has 17 heavy (non-hydrogen) atoms. The van der Waals surface area contributed by atoms with E-state index in [0.29, 0.717) is 23.9 Å². The molecule has 0 atom stereocenters. The topological polar surface area (TPSA) is 35.2 Å². The number of hydrogen-bond acceptors (Lipinski definition) is 2. The van der Waals surface area contributed by atoms with Crippen LogP contribution in [0.5, 0.6) is 5.75 Å². The fraction of sp³-hybridized carbons (Fsp3) is 0.462. The number of thiocarbonyl (C=S) groups is 1. The van der Waals surface area contributed by atoms with Crippen molar-refractivity contribution in [2.75, 3.05) is 6.61 Å². The van der Waals surface area contributed by atoms with Crippen LogP contribution in [0.2, 0.25) is 5.02 Å². The van der Waals surface area contributed by atoms with Gasteiger partial charge in [0, 0.05) is 11.4 Å². The number of aryl methyl sites for hydroxylation is 1. The quantitative estimate of drug-likeness (QED) is 0.827. The molecule has 0 radical (unpaired) electrons. The van der Waals surface area contributed by atoms with Crippen molar-refractivity contribution in [2.45, 2.75) is 33.1 Å². The minimum Gasteiger partial charge on any atom is -0.493 e. The molecule has 1 aromatic rings. The van der Waals surface area contributed by atoms with E-state index >= 15 is 0 Å². The highest BCUT2D eigenvalue weighted by atomic mass is 35.5. The third kappa shape index (κ3) is 4.17. The first-order chi connectivity index (χ1) is 7.91. The lowest BCUT2D eigenvalue weighted by atomic mass is 10.0. The molecule has 0 fully saturated rings. The largest absolute Gasteiger partial charge is 0.493 e. The summed E-state index contributed by atoms with van der Waals surface area (Å²) in [7, 11) is 0. The molecule has 4 heteroatoms. The SMILES string of the molecule is Cc1cc(Cl)c(C(C)C)cc1OCCC(N)=S. The number of halogens is 1. The maximum absolute atomic E-state index is 6.18. The number of hydrogen-bond donors (Lipinski definition) is 1. The molecule has 0 heterocycles. The zero-order valence-electron chi connectivity index (χ0n) is 10.4. The van der Waals surface area contributed by atoms with Gasteiger partial charge in [-0.1, -0.05) is 37.7 Å². The second-order valence-corrected chi connectivity index (χ2v) is 5.29. The number of ether oxygens (including phenoxy) is 1. The number of rotatable bonds is 5. The Morgan fingerprint density at radius 2 is 2.12 bits per heavy atom. The van der Waals surface area contributed by atoms with Gasteiger partial charge in [-0.3, -0.25) is 0 Å². The second kappa shape index (κ2) is 6.22. The van der Waals surface area contributed by atoms with Crippen LogP contribution < -0.4 is 10.5 Å². The van der Waals surface area contributed by atoms with E-state index < -0.39 is 0 Å². The van der Waals surface area contributed by atoms with Crippen molar-refractivity contribution in [1.29, 1.82) is 0 Å². The van der Waals surface area contributed by atoms with Gasteiger partial charge in [-0.2, -0.15) is 0 Å². The average molecular weight is 272 g/mol. The monoisotopic (exact) mass is 271 g/mol. The van der Waals surface area contributed by atoms with Crippen molar-refractivity contribution in [1.82, 2.24) is 0 Å². The smallest absolute Gasteiger partial charge is 0.122 e. The molecule has 0 amide bonds. The van der Waals surface area contributed by atoms with Gasteiger partial charge in [-0.15, -0.1) is 0 Å².